The molecule has 2 rings (SSSR count). The third-order valence-corrected chi connectivity index (χ3v) is 3.99. The molecular weight excluding hydrogens is 200 g/mol. The van der Waals surface area contributed by atoms with Crippen molar-refractivity contribution in [3.63, 3.8) is 0 Å². The highest BCUT2D eigenvalue weighted by atomic mass is 16.5. The molecule has 1 aliphatic heterocycles. The quantitative estimate of drug-likeness (QED) is 0.717. The van der Waals surface area contributed by atoms with Gasteiger partial charge in [-0.2, -0.15) is 0 Å². The number of Topliss-reactive ketones (excluding diaryl/α,β-unsaturated/α-hetero) is 1. The summed E-state index contributed by atoms with van der Waals surface area (Å²) in [6.45, 7) is 4.12. The Morgan fingerprint density at radius 2 is 2.25 bits per heavy atom. The Balaban J connectivity index is 2.15. The van der Waals surface area contributed by atoms with Crippen molar-refractivity contribution in [1.82, 2.24) is 0 Å². The van der Waals surface area contributed by atoms with Crippen molar-refractivity contribution in [1.29, 1.82) is 0 Å². The van der Waals surface area contributed by atoms with Crippen LogP contribution in [0.25, 0.3) is 0 Å². The van der Waals surface area contributed by atoms with E-state index in [1.54, 1.807) is 0 Å². The van der Waals surface area contributed by atoms with Crippen molar-refractivity contribution in [2.45, 2.75) is 71.0 Å². The molecule has 0 N–H and O–H groups in total. The summed E-state index contributed by atoms with van der Waals surface area (Å²) in [7, 11) is 0. The summed E-state index contributed by atoms with van der Waals surface area (Å²) >= 11 is 0. The molecule has 4 atom stereocenters. The summed E-state index contributed by atoms with van der Waals surface area (Å²) < 4.78 is 14.6. The number of rotatable bonds is 5. The summed E-state index contributed by atoms with van der Waals surface area (Å²) in [5, 5.41) is 0. The zero-order valence-electron chi connectivity index (χ0n) is 11.5. The minimum atomic E-state index is -0.939. The van der Waals surface area contributed by atoms with Crippen LogP contribution in [0, 0.1) is 11.8 Å². The van der Waals surface area contributed by atoms with E-state index in [1.165, 1.54) is 0 Å². The predicted molar refractivity (Wildman–Crippen MR) is 64.3 cm³/mol. The Bertz CT molecular complexity index is 292. The monoisotopic (exact) mass is 225 g/mol. The second kappa shape index (κ2) is 5.31. The highest BCUT2D eigenvalue weighted by Crippen LogP contribution is 2.44. The van der Waals surface area contributed by atoms with E-state index in [-0.39, 0.29) is 23.9 Å². The molecule has 1 aliphatic carbocycles. The Labute approximate surface area is 100 Å². The van der Waals surface area contributed by atoms with Gasteiger partial charge in [0.2, 0.25) is 0 Å². The van der Waals surface area contributed by atoms with Crippen LogP contribution in [-0.2, 0) is 9.53 Å². The SMILES string of the molecule is [2H][C@@]1(C(=O)CCCC)[C@@H]2CCC[C@@H]2O[C@@H]1CC. The summed E-state index contributed by atoms with van der Waals surface area (Å²) in [5.74, 6) is -0.650. The van der Waals surface area contributed by atoms with E-state index < -0.39 is 5.89 Å². The lowest BCUT2D eigenvalue weighted by molar-refractivity contribution is -0.125. The second-order valence-corrected chi connectivity index (χ2v) is 5.09. The molecule has 0 spiro atoms. The molecule has 1 saturated carbocycles. The molecule has 0 bridgehead atoms. The summed E-state index contributed by atoms with van der Waals surface area (Å²) in [4.78, 5) is 12.4. The van der Waals surface area contributed by atoms with Crippen molar-refractivity contribution in [2.24, 2.45) is 11.8 Å². The Morgan fingerprint density at radius 1 is 1.44 bits per heavy atom. The maximum absolute atomic E-state index is 12.4. The van der Waals surface area contributed by atoms with Crippen molar-refractivity contribution in [3.8, 4) is 0 Å². The molecule has 1 heterocycles. The topological polar surface area (TPSA) is 26.3 Å². The van der Waals surface area contributed by atoms with Gasteiger partial charge in [0.15, 0.2) is 0 Å². The van der Waals surface area contributed by atoms with Crippen LogP contribution >= 0.6 is 0 Å². The highest BCUT2D eigenvalue weighted by Gasteiger charge is 2.48. The number of hydrogen-bond acceptors (Lipinski definition) is 2. The zero-order valence-corrected chi connectivity index (χ0v) is 10.5. The van der Waals surface area contributed by atoms with Gasteiger partial charge in [0.25, 0.3) is 0 Å². The number of ketones is 1. The van der Waals surface area contributed by atoms with Gasteiger partial charge in [0.1, 0.15) is 5.78 Å². The lowest BCUT2D eigenvalue weighted by atomic mass is 9.82. The molecule has 2 aliphatic rings. The number of carbonyl (C=O) groups excluding carboxylic acids is 1. The van der Waals surface area contributed by atoms with Gasteiger partial charge in [-0.15, -0.1) is 0 Å². The van der Waals surface area contributed by atoms with Crippen molar-refractivity contribution >= 4 is 5.78 Å². The van der Waals surface area contributed by atoms with Crippen LogP contribution in [0.2, 0.25) is 0 Å². The first-order valence-corrected chi connectivity index (χ1v) is 6.83. The van der Waals surface area contributed by atoms with Crippen LogP contribution in [0.4, 0.5) is 0 Å². The van der Waals surface area contributed by atoms with E-state index in [1.807, 2.05) is 6.92 Å². The average Bonchev–Trinajstić information content (AvgIpc) is 2.88. The number of ether oxygens (including phenoxy) is 1. The van der Waals surface area contributed by atoms with Gasteiger partial charge in [-0.3, -0.25) is 4.79 Å². The molecular formula is C14H24O2. The Morgan fingerprint density at radius 3 is 2.94 bits per heavy atom. The molecule has 0 aromatic carbocycles. The van der Waals surface area contributed by atoms with E-state index in [9.17, 15) is 4.79 Å². The molecule has 0 unspecified atom stereocenters. The fraction of sp³-hybridized carbons (Fsp3) is 0.929. The van der Waals surface area contributed by atoms with Gasteiger partial charge in [-0.1, -0.05) is 26.7 Å². The van der Waals surface area contributed by atoms with Gasteiger partial charge >= 0.3 is 0 Å². The molecule has 2 heteroatoms. The van der Waals surface area contributed by atoms with Crippen LogP contribution in [0.3, 0.4) is 0 Å². The lowest BCUT2D eigenvalue weighted by Crippen LogP contribution is -2.28. The van der Waals surface area contributed by atoms with Crippen LogP contribution < -0.4 is 0 Å². The minimum Gasteiger partial charge on any atom is -0.374 e. The van der Waals surface area contributed by atoms with Gasteiger partial charge < -0.3 is 4.74 Å². The standard InChI is InChI=1S/C14H24O2/c1-3-5-8-11(15)14-10-7-6-9-13(10)16-12(14)4-2/h10,12-14H,3-9H2,1-2H3/t10-,12-,13+,14+/m1/s1/i14D. The predicted octanol–water partition coefficient (Wildman–Crippen LogP) is 3.34. The molecule has 2 fully saturated rings. The van der Waals surface area contributed by atoms with Gasteiger partial charge in [-0.05, 0) is 31.6 Å². The van der Waals surface area contributed by atoms with Gasteiger partial charge in [0.05, 0.1) is 12.2 Å². The van der Waals surface area contributed by atoms with E-state index in [2.05, 4.69) is 6.92 Å². The maximum Gasteiger partial charge on any atom is 0.138 e. The summed E-state index contributed by atoms with van der Waals surface area (Å²) in [6, 6.07) is 0. The first kappa shape index (κ1) is 10.8. The molecule has 92 valence electrons. The molecule has 2 nitrogen and oxygen atoms in total. The van der Waals surface area contributed by atoms with Crippen LogP contribution in [0.15, 0.2) is 0 Å². The fourth-order valence-electron chi connectivity index (χ4n) is 3.15. The molecule has 0 amide bonds. The minimum absolute atomic E-state index is 0.126. The van der Waals surface area contributed by atoms with Crippen molar-refractivity contribution in [3.05, 3.63) is 0 Å². The van der Waals surface area contributed by atoms with Crippen LogP contribution in [0.5, 0.6) is 0 Å². The number of unbranched alkanes of at least 4 members (excludes halogenated alkanes) is 1. The highest BCUT2D eigenvalue weighted by molar-refractivity contribution is 5.82. The average molecular weight is 225 g/mol. The second-order valence-electron chi connectivity index (χ2n) is 5.09. The van der Waals surface area contributed by atoms with Crippen molar-refractivity contribution < 1.29 is 10.9 Å². The van der Waals surface area contributed by atoms with Crippen LogP contribution in [0.1, 0.15) is 60.2 Å². The van der Waals surface area contributed by atoms with E-state index >= 15 is 0 Å². The third-order valence-electron chi connectivity index (χ3n) is 3.99. The van der Waals surface area contributed by atoms with E-state index in [4.69, 9.17) is 6.11 Å². The molecule has 0 radical (unpaired) electrons. The number of carbonyl (C=O) groups is 1. The molecule has 16 heavy (non-hydrogen) atoms. The molecule has 1 saturated heterocycles. The third kappa shape index (κ3) is 2.17. The smallest absolute Gasteiger partial charge is 0.138 e. The lowest BCUT2D eigenvalue weighted by Gasteiger charge is -2.19. The first-order chi connectivity index (χ1) is 8.14. The first-order valence-electron chi connectivity index (χ1n) is 7.33. The van der Waals surface area contributed by atoms with Crippen LogP contribution in [-0.4, -0.2) is 18.0 Å². The summed E-state index contributed by atoms with van der Waals surface area (Å²) in [6.07, 6.45) is 6.46. The van der Waals surface area contributed by atoms with E-state index in [0.717, 1.165) is 38.5 Å². The van der Waals surface area contributed by atoms with E-state index in [0.29, 0.717) is 6.42 Å². The Hall–Kier alpha value is -0.370. The molecule has 0 aromatic rings. The zero-order chi connectivity index (χ0) is 12.5. The Kier molecular flexibility index (Phi) is 3.57. The normalized spacial score (nSPS) is 43.1. The van der Waals surface area contributed by atoms with Gasteiger partial charge in [-0.25, -0.2) is 0 Å². The summed E-state index contributed by atoms with van der Waals surface area (Å²) in [5.41, 5.74) is 0. The van der Waals surface area contributed by atoms with Gasteiger partial charge in [0, 0.05) is 13.7 Å². The maximum atomic E-state index is 12.4. The van der Waals surface area contributed by atoms with Crippen molar-refractivity contribution in [2.75, 3.05) is 0 Å². The number of hydrogen-bond donors (Lipinski definition) is 0. The largest absolute Gasteiger partial charge is 0.374 e. The molecule has 0 aromatic heterocycles. The number of fused-ring (bicyclic) bond motifs is 1. The fourth-order valence-corrected chi connectivity index (χ4v) is 3.15.